The van der Waals surface area contributed by atoms with Gasteiger partial charge in [-0.3, -0.25) is 9.59 Å². The minimum atomic E-state index is -0.121. The number of hydrogen-bond acceptors (Lipinski definition) is 3. The van der Waals surface area contributed by atoms with Gasteiger partial charge < -0.3 is 19.9 Å². The van der Waals surface area contributed by atoms with Gasteiger partial charge in [0.15, 0.2) is 0 Å². The molecule has 0 bridgehead atoms. The van der Waals surface area contributed by atoms with Crippen molar-refractivity contribution in [3.63, 3.8) is 0 Å². The van der Waals surface area contributed by atoms with E-state index in [1.807, 2.05) is 59.6 Å². The molecule has 2 heterocycles. The summed E-state index contributed by atoms with van der Waals surface area (Å²) in [4.78, 5) is 29.8. The van der Waals surface area contributed by atoms with E-state index in [0.29, 0.717) is 18.7 Å². The molecule has 4 rings (SSSR count). The van der Waals surface area contributed by atoms with E-state index in [0.717, 1.165) is 22.2 Å². The number of H-pyrrole nitrogens is 1. The molecule has 2 atom stereocenters. The molecule has 28 heavy (non-hydrogen) atoms. The zero-order valence-corrected chi connectivity index (χ0v) is 15.9. The average molecular weight is 377 g/mol. The fourth-order valence-electron chi connectivity index (χ4n) is 3.93. The predicted octanol–water partition coefficient (Wildman–Crippen LogP) is 2.92. The molecule has 2 aromatic carbocycles. The fourth-order valence-corrected chi connectivity index (χ4v) is 3.93. The number of nitrogens with zero attached hydrogens (tertiary/aromatic N) is 1. The molecule has 1 aliphatic rings. The highest BCUT2D eigenvalue weighted by atomic mass is 16.5. The van der Waals surface area contributed by atoms with Crippen molar-refractivity contribution in [1.29, 1.82) is 0 Å². The van der Waals surface area contributed by atoms with Crippen LogP contribution in [0.4, 0.5) is 0 Å². The maximum Gasteiger partial charge on any atom is 0.254 e. The third-order valence-corrected chi connectivity index (χ3v) is 5.34. The predicted molar refractivity (Wildman–Crippen MR) is 108 cm³/mol. The van der Waals surface area contributed by atoms with Crippen molar-refractivity contribution in [2.75, 3.05) is 20.2 Å². The quantitative estimate of drug-likeness (QED) is 0.734. The first kappa shape index (κ1) is 18.1. The van der Waals surface area contributed by atoms with Gasteiger partial charge in [-0.1, -0.05) is 18.2 Å². The zero-order chi connectivity index (χ0) is 19.7. The standard InChI is InChI=1S/C22H23N3O3/c1-14(26)24-21-13-25(12-19(21)15-5-7-18(28-2)8-6-15)22(27)17-4-3-16-9-10-23-20(16)11-17/h3-11,19,21,23H,12-13H2,1-2H3,(H,24,26)/t19-,21+/m0/s1. The summed E-state index contributed by atoms with van der Waals surface area (Å²) in [6.45, 7) is 2.55. The van der Waals surface area contributed by atoms with E-state index in [1.165, 1.54) is 6.92 Å². The van der Waals surface area contributed by atoms with E-state index in [1.54, 1.807) is 7.11 Å². The van der Waals surface area contributed by atoms with Crippen molar-refractivity contribution >= 4 is 22.7 Å². The van der Waals surface area contributed by atoms with Crippen LogP contribution in [0, 0.1) is 0 Å². The van der Waals surface area contributed by atoms with Gasteiger partial charge in [-0.2, -0.15) is 0 Å². The molecule has 2 amide bonds. The number of fused-ring (bicyclic) bond motifs is 1. The molecule has 6 heteroatoms. The second-order valence-electron chi connectivity index (χ2n) is 7.18. The molecular weight excluding hydrogens is 354 g/mol. The Kier molecular flexibility index (Phi) is 4.77. The van der Waals surface area contributed by atoms with E-state index in [4.69, 9.17) is 4.74 Å². The number of methoxy groups -OCH3 is 1. The van der Waals surface area contributed by atoms with Gasteiger partial charge in [0.1, 0.15) is 5.75 Å². The van der Waals surface area contributed by atoms with Gasteiger partial charge in [0.25, 0.3) is 5.91 Å². The van der Waals surface area contributed by atoms with Gasteiger partial charge in [-0.05, 0) is 41.3 Å². The summed E-state index contributed by atoms with van der Waals surface area (Å²) >= 11 is 0. The van der Waals surface area contributed by atoms with Crippen molar-refractivity contribution in [1.82, 2.24) is 15.2 Å². The summed E-state index contributed by atoms with van der Waals surface area (Å²) < 4.78 is 5.23. The summed E-state index contributed by atoms with van der Waals surface area (Å²) in [6.07, 6.45) is 1.86. The number of ether oxygens (including phenoxy) is 1. The molecule has 1 aromatic heterocycles. The highest BCUT2D eigenvalue weighted by Gasteiger charge is 2.37. The van der Waals surface area contributed by atoms with Crippen LogP contribution in [0.3, 0.4) is 0 Å². The number of rotatable bonds is 4. The van der Waals surface area contributed by atoms with Crippen LogP contribution < -0.4 is 10.1 Å². The van der Waals surface area contributed by atoms with E-state index >= 15 is 0 Å². The third-order valence-electron chi connectivity index (χ3n) is 5.34. The van der Waals surface area contributed by atoms with Crippen LogP contribution in [0.15, 0.2) is 54.7 Å². The van der Waals surface area contributed by atoms with Crippen molar-refractivity contribution in [3.05, 3.63) is 65.9 Å². The van der Waals surface area contributed by atoms with Gasteiger partial charge >= 0.3 is 0 Å². The molecule has 0 spiro atoms. The highest BCUT2D eigenvalue weighted by molar-refractivity contribution is 5.98. The minimum absolute atomic E-state index is 0.0251. The Morgan fingerprint density at radius 1 is 1.11 bits per heavy atom. The molecular formula is C22H23N3O3. The Morgan fingerprint density at radius 3 is 2.61 bits per heavy atom. The maximum absolute atomic E-state index is 13.1. The fraction of sp³-hybridized carbons (Fsp3) is 0.273. The number of likely N-dealkylation sites (tertiary alicyclic amines) is 1. The first-order chi connectivity index (χ1) is 13.5. The molecule has 0 radical (unpaired) electrons. The van der Waals surface area contributed by atoms with E-state index < -0.39 is 0 Å². The molecule has 1 fully saturated rings. The molecule has 6 nitrogen and oxygen atoms in total. The minimum Gasteiger partial charge on any atom is -0.497 e. The van der Waals surface area contributed by atoms with Gasteiger partial charge in [-0.15, -0.1) is 0 Å². The number of benzene rings is 2. The zero-order valence-electron chi connectivity index (χ0n) is 15.9. The van der Waals surface area contributed by atoms with Crippen LogP contribution in [0.25, 0.3) is 10.9 Å². The summed E-state index contributed by atoms with van der Waals surface area (Å²) in [5.41, 5.74) is 2.66. The summed E-state index contributed by atoms with van der Waals surface area (Å²) in [5.74, 6) is 0.700. The van der Waals surface area contributed by atoms with E-state index in [-0.39, 0.29) is 23.8 Å². The van der Waals surface area contributed by atoms with Crippen molar-refractivity contribution in [2.45, 2.75) is 18.9 Å². The second-order valence-corrected chi connectivity index (χ2v) is 7.18. The largest absolute Gasteiger partial charge is 0.497 e. The highest BCUT2D eigenvalue weighted by Crippen LogP contribution is 2.30. The van der Waals surface area contributed by atoms with Crippen molar-refractivity contribution in [3.8, 4) is 5.75 Å². The lowest BCUT2D eigenvalue weighted by atomic mass is 9.94. The van der Waals surface area contributed by atoms with Gasteiger partial charge in [0, 0.05) is 43.2 Å². The monoisotopic (exact) mass is 377 g/mol. The summed E-state index contributed by atoms with van der Waals surface area (Å²) in [7, 11) is 1.63. The Bertz CT molecular complexity index is 1010. The third kappa shape index (κ3) is 3.45. The molecule has 3 aromatic rings. The number of carbonyl (C=O) groups excluding carboxylic acids is 2. The summed E-state index contributed by atoms with van der Waals surface area (Å²) in [5, 5.41) is 4.08. The van der Waals surface area contributed by atoms with E-state index in [2.05, 4.69) is 10.3 Å². The Balaban J connectivity index is 1.59. The number of amides is 2. The number of nitrogens with one attached hydrogen (secondary N) is 2. The van der Waals surface area contributed by atoms with Crippen LogP contribution >= 0.6 is 0 Å². The average Bonchev–Trinajstić information content (AvgIpc) is 3.33. The lowest BCUT2D eigenvalue weighted by molar-refractivity contribution is -0.119. The summed E-state index contributed by atoms with van der Waals surface area (Å²) in [6, 6.07) is 15.3. The van der Waals surface area contributed by atoms with Gasteiger partial charge in [-0.25, -0.2) is 0 Å². The molecule has 2 N–H and O–H groups in total. The number of carbonyl (C=O) groups is 2. The Labute approximate surface area is 163 Å². The molecule has 0 unspecified atom stereocenters. The smallest absolute Gasteiger partial charge is 0.254 e. The van der Waals surface area contributed by atoms with Crippen LogP contribution in [0.2, 0.25) is 0 Å². The van der Waals surface area contributed by atoms with Crippen LogP contribution in [-0.2, 0) is 4.79 Å². The van der Waals surface area contributed by atoms with E-state index in [9.17, 15) is 9.59 Å². The lowest BCUT2D eigenvalue weighted by Gasteiger charge is -2.19. The van der Waals surface area contributed by atoms with Crippen LogP contribution in [0.5, 0.6) is 5.75 Å². The Hall–Kier alpha value is -3.28. The van der Waals surface area contributed by atoms with Crippen LogP contribution in [0.1, 0.15) is 28.8 Å². The molecule has 1 aliphatic heterocycles. The second kappa shape index (κ2) is 7.38. The van der Waals surface area contributed by atoms with Gasteiger partial charge in [0.2, 0.25) is 5.91 Å². The Morgan fingerprint density at radius 2 is 1.89 bits per heavy atom. The molecule has 0 aliphatic carbocycles. The lowest BCUT2D eigenvalue weighted by Crippen LogP contribution is -2.39. The number of aromatic amines is 1. The van der Waals surface area contributed by atoms with Crippen molar-refractivity contribution < 1.29 is 14.3 Å². The topological polar surface area (TPSA) is 74.4 Å². The van der Waals surface area contributed by atoms with Gasteiger partial charge in [0.05, 0.1) is 13.2 Å². The maximum atomic E-state index is 13.1. The normalized spacial score (nSPS) is 19.0. The van der Waals surface area contributed by atoms with Crippen molar-refractivity contribution in [2.24, 2.45) is 0 Å². The molecule has 1 saturated heterocycles. The number of hydrogen-bond donors (Lipinski definition) is 2. The SMILES string of the molecule is COc1ccc([C@@H]2CN(C(=O)c3ccc4cc[nH]c4c3)C[C@H]2NC(C)=O)cc1. The first-order valence-corrected chi connectivity index (χ1v) is 9.32. The van der Waals surface area contributed by atoms with Crippen LogP contribution in [-0.4, -0.2) is 47.9 Å². The molecule has 0 saturated carbocycles. The number of aromatic nitrogens is 1. The molecule has 144 valence electrons. The first-order valence-electron chi connectivity index (χ1n) is 9.32.